The topological polar surface area (TPSA) is 156 Å². The van der Waals surface area contributed by atoms with Crippen molar-refractivity contribution in [2.75, 3.05) is 32.8 Å². The predicted molar refractivity (Wildman–Crippen MR) is 272 cm³/mol. The lowest BCUT2D eigenvalue weighted by atomic mass is 9.80. The average Bonchev–Trinajstić information content (AvgIpc) is 3.65. The molecule has 1 amide bonds. The first-order valence-corrected chi connectivity index (χ1v) is 27.4. The quantitative estimate of drug-likeness (QED) is 0.0322. The van der Waals surface area contributed by atoms with E-state index in [0.717, 1.165) is 16.7 Å². The highest BCUT2D eigenvalue weighted by Gasteiger charge is 2.54. The highest BCUT2D eigenvalue weighted by Crippen LogP contribution is 2.52. The molecule has 2 unspecified atom stereocenters. The van der Waals surface area contributed by atoms with Crippen molar-refractivity contribution >= 4 is 28.6 Å². The molecule has 0 saturated carbocycles. The summed E-state index contributed by atoms with van der Waals surface area (Å²) in [6.45, 7) is 20.9. The number of nitrogens with one attached hydrogen (secondary N) is 1. The van der Waals surface area contributed by atoms with Crippen LogP contribution in [0.3, 0.4) is 0 Å². The molecular formula is C53H68N5O9PSi. The van der Waals surface area contributed by atoms with Gasteiger partial charge in [-0.25, -0.2) is 9.46 Å². The Balaban J connectivity index is 1.55. The van der Waals surface area contributed by atoms with Crippen LogP contribution in [0.25, 0.3) is 0 Å². The van der Waals surface area contributed by atoms with Gasteiger partial charge >= 0.3 is 5.69 Å². The van der Waals surface area contributed by atoms with Crippen LogP contribution in [-0.4, -0.2) is 86.3 Å². The number of amides is 1. The number of benzene rings is 4. The van der Waals surface area contributed by atoms with E-state index in [4.69, 9.17) is 32.4 Å². The van der Waals surface area contributed by atoms with Crippen LogP contribution in [-0.2, 0) is 28.5 Å². The number of methoxy groups -OCH3 is 2. The summed E-state index contributed by atoms with van der Waals surface area (Å²) in [5.41, 5.74) is 1.54. The van der Waals surface area contributed by atoms with Gasteiger partial charge in [0.15, 0.2) is 14.5 Å². The van der Waals surface area contributed by atoms with E-state index < -0.39 is 58.6 Å². The molecule has 1 fully saturated rings. The molecule has 1 aromatic heterocycles. The van der Waals surface area contributed by atoms with E-state index in [-0.39, 0.29) is 42.6 Å². The van der Waals surface area contributed by atoms with Crippen LogP contribution in [0.2, 0.25) is 18.1 Å². The van der Waals surface area contributed by atoms with Gasteiger partial charge in [-0.2, -0.15) is 10.2 Å². The third kappa shape index (κ3) is 12.2. The van der Waals surface area contributed by atoms with Gasteiger partial charge in [-0.05, 0) is 106 Å². The highest BCUT2D eigenvalue weighted by atomic mass is 31.2. The summed E-state index contributed by atoms with van der Waals surface area (Å²) in [4.78, 5) is 32.2. The second-order valence-electron chi connectivity index (χ2n) is 19.1. The van der Waals surface area contributed by atoms with E-state index in [1.807, 2.05) is 84.9 Å². The standard InChI is InChI=1S/C53H68N5O9PSi/c1-36(2)58(37(3)4)68(64-33-19-32-54)66-46-45(35-63-53(40-22-17-14-18-23-40,41-24-28-43(61-9)29-25-41)42-26-30-44(62-10)31-27-42)65-50(47(46)67-69(11,12)52(6,7)8)57-34-38(5)48(56-51(57)60)55-49(59)39-20-15-13-16-21-39/h13-18,20-31,34,36-37,45-47,50H,19,33,35H2,1-12H3,(H,55,56,59,60)/t45-,46+,47?,50-,68?/m1/s1. The lowest BCUT2D eigenvalue weighted by Crippen LogP contribution is -2.50. The molecule has 2 heterocycles. The maximum absolute atomic E-state index is 14.5. The summed E-state index contributed by atoms with van der Waals surface area (Å²) in [6.07, 6.45) is -1.97. The minimum absolute atomic E-state index is 0.0187. The van der Waals surface area contributed by atoms with E-state index in [2.05, 4.69) is 82.6 Å². The van der Waals surface area contributed by atoms with Gasteiger partial charge in [-0.3, -0.25) is 9.36 Å². The molecule has 1 aliphatic rings. The van der Waals surface area contributed by atoms with Crippen LogP contribution < -0.4 is 20.5 Å². The molecule has 0 radical (unpaired) electrons. The van der Waals surface area contributed by atoms with Crippen LogP contribution >= 0.6 is 8.53 Å². The molecule has 69 heavy (non-hydrogen) atoms. The summed E-state index contributed by atoms with van der Waals surface area (Å²) >= 11 is 0. The SMILES string of the molecule is COc1ccc(C(OC[C@H]2O[C@@H](n3cc(C)c(NC(=O)c4ccccc4)nc3=O)C(O[Si](C)(C)C(C)(C)C)[C@H]2OP(OCCC#N)N(C(C)C)C(C)C)(c2ccccc2)c2ccc(OC)cc2)cc1. The number of rotatable bonds is 21. The second kappa shape index (κ2) is 23.1. The monoisotopic (exact) mass is 977 g/mol. The number of nitrogens with zero attached hydrogens (tertiary/aromatic N) is 4. The summed E-state index contributed by atoms with van der Waals surface area (Å²) in [7, 11) is -1.32. The number of ether oxygens (including phenoxy) is 4. The number of aryl methyl sites for hydroxylation is 1. The van der Waals surface area contributed by atoms with E-state index in [1.165, 1.54) is 4.57 Å². The molecular weight excluding hydrogens is 910 g/mol. The molecule has 5 atom stereocenters. The Kier molecular flexibility index (Phi) is 17.8. The average molecular weight is 978 g/mol. The van der Waals surface area contributed by atoms with E-state index in [9.17, 15) is 14.9 Å². The number of anilines is 1. The Hall–Kier alpha value is -5.27. The highest BCUT2D eigenvalue weighted by molar-refractivity contribution is 7.44. The Morgan fingerprint density at radius 3 is 1.90 bits per heavy atom. The van der Waals surface area contributed by atoms with E-state index in [1.54, 1.807) is 51.6 Å². The molecule has 0 aliphatic carbocycles. The lowest BCUT2D eigenvalue weighted by Gasteiger charge is -2.42. The van der Waals surface area contributed by atoms with E-state index >= 15 is 0 Å². The molecule has 1 aliphatic heterocycles. The molecule has 1 saturated heterocycles. The van der Waals surface area contributed by atoms with Gasteiger partial charge < -0.3 is 37.7 Å². The van der Waals surface area contributed by atoms with E-state index in [0.29, 0.717) is 22.6 Å². The normalized spacial score (nSPS) is 18.1. The molecule has 0 spiro atoms. The molecule has 1 N–H and O–H groups in total. The molecule has 0 bridgehead atoms. The fourth-order valence-electron chi connectivity index (χ4n) is 8.16. The molecule has 16 heteroatoms. The van der Waals surface area contributed by atoms with Crippen molar-refractivity contribution in [1.29, 1.82) is 5.26 Å². The van der Waals surface area contributed by atoms with Crippen LogP contribution in [0.15, 0.2) is 120 Å². The third-order valence-corrected chi connectivity index (χ3v) is 19.3. The van der Waals surface area contributed by atoms with Crippen molar-refractivity contribution in [3.05, 3.63) is 154 Å². The molecule has 14 nitrogen and oxygen atoms in total. The fourth-order valence-corrected chi connectivity index (χ4v) is 11.2. The van der Waals surface area contributed by atoms with Crippen LogP contribution in [0.1, 0.15) is 93.7 Å². The van der Waals surface area contributed by atoms with Crippen molar-refractivity contribution in [3.8, 4) is 17.6 Å². The first-order chi connectivity index (χ1) is 32.8. The second-order valence-corrected chi connectivity index (χ2v) is 25.3. The zero-order chi connectivity index (χ0) is 50.1. The lowest BCUT2D eigenvalue weighted by molar-refractivity contribution is -0.0943. The number of hydrogen-bond acceptors (Lipinski definition) is 12. The molecule has 5 aromatic rings. The molecule has 368 valence electrons. The number of carbonyl (C=O) groups excluding carboxylic acids is 1. The summed E-state index contributed by atoms with van der Waals surface area (Å²) < 4.78 is 50.8. The molecule has 6 rings (SSSR count). The first kappa shape index (κ1) is 53.1. The molecule has 4 aromatic carbocycles. The van der Waals surface area contributed by atoms with Crippen molar-refractivity contribution in [3.63, 3.8) is 0 Å². The minimum atomic E-state index is -2.71. The van der Waals surface area contributed by atoms with Crippen LogP contribution in [0.4, 0.5) is 5.82 Å². The van der Waals surface area contributed by atoms with Crippen LogP contribution in [0, 0.1) is 18.3 Å². The number of hydrogen-bond donors (Lipinski definition) is 1. The van der Waals surface area contributed by atoms with Gasteiger partial charge in [0.2, 0.25) is 0 Å². The maximum Gasteiger partial charge on any atom is 0.351 e. The Morgan fingerprint density at radius 2 is 1.39 bits per heavy atom. The summed E-state index contributed by atoms with van der Waals surface area (Å²) in [5, 5.41) is 12.2. The van der Waals surface area contributed by atoms with Crippen molar-refractivity contribution in [2.45, 2.75) is 122 Å². The number of aromatic nitrogens is 2. The van der Waals surface area contributed by atoms with Gasteiger partial charge in [-0.15, -0.1) is 0 Å². The van der Waals surface area contributed by atoms with Crippen LogP contribution in [0.5, 0.6) is 11.5 Å². The van der Waals surface area contributed by atoms with Crippen molar-refractivity contribution in [1.82, 2.24) is 14.2 Å². The Labute approximate surface area is 409 Å². The van der Waals surface area contributed by atoms with Gasteiger partial charge in [0.1, 0.15) is 41.2 Å². The van der Waals surface area contributed by atoms with Crippen molar-refractivity contribution in [2.24, 2.45) is 0 Å². The summed E-state index contributed by atoms with van der Waals surface area (Å²) in [6, 6.07) is 36.5. The van der Waals surface area contributed by atoms with Gasteiger partial charge in [0.05, 0.1) is 39.9 Å². The number of carbonyl (C=O) groups is 1. The van der Waals surface area contributed by atoms with Gasteiger partial charge in [0.25, 0.3) is 14.4 Å². The first-order valence-electron chi connectivity index (χ1n) is 23.4. The largest absolute Gasteiger partial charge is 0.497 e. The Bertz CT molecular complexity index is 2490. The van der Waals surface area contributed by atoms with Gasteiger partial charge in [0, 0.05) is 29.4 Å². The predicted octanol–water partition coefficient (Wildman–Crippen LogP) is 10.8. The smallest absolute Gasteiger partial charge is 0.351 e. The number of nitriles is 1. The van der Waals surface area contributed by atoms with Crippen molar-refractivity contribution < 1.29 is 37.2 Å². The summed E-state index contributed by atoms with van der Waals surface area (Å²) in [5.74, 6) is 1.09. The van der Waals surface area contributed by atoms with Gasteiger partial charge in [-0.1, -0.05) is 93.6 Å². The third-order valence-electron chi connectivity index (χ3n) is 12.7. The maximum atomic E-state index is 14.5. The zero-order valence-corrected chi connectivity index (χ0v) is 43.9. The zero-order valence-electron chi connectivity index (χ0n) is 42.0. The Morgan fingerprint density at radius 1 is 0.855 bits per heavy atom. The minimum Gasteiger partial charge on any atom is -0.497 e. The fraction of sp³-hybridized carbons (Fsp3) is 0.434.